The summed E-state index contributed by atoms with van der Waals surface area (Å²) < 4.78 is 17.1. The summed E-state index contributed by atoms with van der Waals surface area (Å²) in [4.78, 5) is 18.9. The zero-order valence-electron chi connectivity index (χ0n) is 16.0. The van der Waals surface area contributed by atoms with Crippen molar-refractivity contribution in [1.82, 2.24) is 15.2 Å². The van der Waals surface area contributed by atoms with Crippen molar-refractivity contribution in [2.24, 2.45) is 0 Å². The van der Waals surface area contributed by atoms with Crippen molar-refractivity contribution in [3.63, 3.8) is 0 Å². The summed E-state index contributed by atoms with van der Waals surface area (Å²) in [7, 11) is 3.23. The van der Waals surface area contributed by atoms with Crippen molar-refractivity contribution in [3.8, 4) is 11.5 Å². The SMILES string of the molecule is COc1ccc(C(CNC(=O)c2cncc(Br)c2)N2CCOCC2)cc1OC. The third-order valence-corrected chi connectivity index (χ3v) is 5.14. The Bertz CT molecular complexity index is 812. The number of rotatable bonds is 7. The summed E-state index contributed by atoms with van der Waals surface area (Å²) in [5.74, 6) is 1.18. The largest absolute Gasteiger partial charge is 0.493 e. The van der Waals surface area contributed by atoms with Gasteiger partial charge in [-0.15, -0.1) is 0 Å². The molecule has 1 fully saturated rings. The number of hydrogen-bond acceptors (Lipinski definition) is 6. The number of carbonyl (C=O) groups is 1. The van der Waals surface area contributed by atoms with E-state index in [1.54, 1.807) is 32.7 Å². The Labute approximate surface area is 173 Å². The Kier molecular flexibility index (Phi) is 7.24. The highest BCUT2D eigenvalue weighted by Crippen LogP contribution is 2.32. The van der Waals surface area contributed by atoms with Crippen molar-refractivity contribution in [3.05, 3.63) is 52.3 Å². The van der Waals surface area contributed by atoms with E-state index in [4.69, 9.17) is 14.2 Å². The molecule has 1 aromatic carbocycles. The number of nitrogens with zero attached hydrogens (tertiary/aromatic N) is 2. The molecule has 2 heterocycles. The second-order valence-corrected chi connectivity index (χ2v) is 7.30. The molecule has 1 unspecified atom stereocenters. The van der Waals surface area contributed by atoms with Crippen LogP contribution in [0.25, 0.3) is 0 Å². The number of nitrogens with one attached hydrogen (secondary N) is 1. The maximum Gasteiger partial charge on any atom is 0.252 e. The van der Waals surface area contributed by atoms with E-state index in [0.29, 0.717) is 36.8 Å². The number of methoxy groups -OCH3 is 2. The van der Waals surface area contributed by atoms with Crippen molar-refractivity contribution in [2.75, 3.05) is 47.1 Å². The Morgan fingerprint density at radius 3 is 2.64 bits per heavy atom. The first-order chi connectivity index (χ1) is 13.6. The van der Waals surface area contributed by atoms with Gasteiger partial charge >= 0.3 is 0 Å². The summed E-state index contributed by atoms with van der Waals surface area (Å²) in [6, 6.07) is 7.61. The van der Waals surface area contributed by atoms with E-state index in [9.17, 15) is 4.79 Å². The third kappa shape index (κ3) is 5.01. The predicted molar refractivity (Wildman–Crippen MR) is 109 cm³/mol. The quantitative estimate of drug-likeness (QED) is 0.700. The molecule has 28 heavy (non-hydrogen) atoms. The zero-order chi connectivity index (χ0) is 19.9. The second kappa shape index (κ2) is 9.86. The molecule has 8 heteroatoms. The van der Waals surface area contributed by atoms with Crippen LogP contribution in [0.1, 0.15) is 22.0 Å². The first kappa shape index (κ1) is 20.6. The Balaban J connectivity index is 1.80. The molecule has 0 saturated carbocycles. The van der Waals surface area contributed by atoms with Crippen LogP contribution >= 0.6 is 15.9 Å². The molecule has 0 aliphatic carbocycles. The van der Waals surface area contributed by atoms with Crippen molar-refractivity contribution < 1.29 is 19.0 Å². The van der Waals surface area contributed by atoms with Crippen LogP contribution in [0, 0.1) is 0 Å². The topological polar surface area (TPSA) is 72.9 Å². The maximum absolute atomic E-state index is 12.6. The van der Waals surface area contributed by atoms with Gasteiger partial charge in [-0.25, -0.2) is 0 Å². The van der Waals surface area contributed by atoms with E-state index in [1.807, 2.05) is 18.2 Å². The average Bonchev–Trinajstić information content (AvgIpc) is 2.74. The molecule has 1 aromatic heterocycles. The van der Waals surface area contributed by atoms with E-state index in [1.165, 1.54) is 0 Å². The molecule has 7 nitrogen and oxygen atoms in total. The molecule has 1 aliphatic heterocycles. The number of ether oxygens (including phenoxy) is 3. The highest BCUT2D eigenvalue weighted by molar-refractivity contribution is 9.10. The van der Waals surface area contributed by atoms with Crippen molar-refractivity contribution in [2.45, 2.75) is 6.04 Å². The number of pyridine rings is 1. The Hall–Kier alpha value is -2.16. The summed E-state index contributed by atoms with van der Waals surface area (Å²) >= 11 is 3.35. The van der Waals surface area contributed by atoms with Crippen LogP contribution in [0.5, 0.6) is 11.5 Å². The van der Waals surface area contributed by atoms with Crippen LogP contribution in [-0.2, 0) is 4.74 Å². The van der Waals surface area contributed by atoms with Crippen molar-refractivity contribution >= 4 is 21.8 Å². The van der Waals surface area contributed by atoms with Gasteiger partial charge in [-0.05, 0) is 39.7 Å². The van der Waals surface area contributed by atoms with Gasteiger partial charge in [0, 0.05) is 36.5 Å². The number of carbonyl (C=O) groups excluding carboxylic acids is 1. The minimum absolute atomic E-state index is 0.00670. The van der Waals surface area contributed by atoms with Gasteiger partial charge in [0.15, 0.2) is 11.5 Å². The summed E-state index contributed by atoms with van der Waals surface area (Å²) in [6.45, 7) is 3.40. The smallest absolute Gasteiger partial charge is 0.252 e. The van der Waals surface area contributed by atoms with Gasteiger partial charge in [0.05, 0.1) is 39.0 Å². The molecule has 1 N–H and O–H groups in total. The lowest BCUT2D eigenvalue weighted by molar-refractivity contribution is 0.0162. The van der Waals surface area contributed by atoms with Crippen LogP contribution in [-0.4, -0.2) is 62.9 Å². The van der Waals surface area contributed by atoms with Gasteiger partial charge < -0.3 is 19.5 Å². The normalized spacial score (nSPS) is 15.7. The first-order valence-electron chi connectivity index (χ1n) is 9.05. The first-order valence-corrected chi connectivity index (χ1v) is 9.84. The Morgan fingerprint density at radius 2 is 1.96 bits per heavy atom. The fourth-order valence-electron chi connectivity index (χ4n) is 3.23. The van der Waals surface area contributed by atoms with Gasteiger partial charge in [0.25, 0.3) is 5.91 Å². The van der Waals surface area contributed by atoms with Crippen LogP contribution in [0.3, 0.4) is 0 Å². The van der Waals surface area contributed by atoms with Crippen molar-refractivity contribution in [1.29, 1.82) is 0 Å². The average molecular weight is 450 g/mol. The van der Waals surface area contributed by atoms with Gasteiger partial charge in [-0.3, -0.25) is 14.7 Å². The molecule has 0 radical (unpaired) electrons. The predicted octanol–water partition coefficient (Wildman–Crippen LogP) is 2.66. The highest BCUT2D eigenvalue weighted by Gasteiger charge is 2.24. The zero-order valence-corrected chi connectivity index (χ0v) is 17.6. The molecule has 0 spiro atoms. The molecule has 1 saturated heterocycles. The number of morpholine rings is 1. The number of aromatic nitrogens is 1. The van der Waals surface area contributed by atoms with E-state index < -0.39 is 0 Å². The molecule has 2 aromatic rings. The molecular formula is C20H24BrN3O4. The van der Waals surface area contributed by atoms with E-state index in [2.05, 4.69) is 31.1 Å². The number of benzene rings is 1. The summed E-state index contributed by atoms with van der Waals surface area (Å²) in [5, 5.41) is 3.03. The molecular weight excluding hydrogens is 426 g/mol. The highest BCUT2D eigenvalue weighted by atomic mass is 79.9. The lowest BCUT2D eigenvalue weighted by Crippen LogP contribution is -2.43. The minimum atomic E-state index is -0.160. The standard InChI is InChI=1S/C20H24BrN3O4/c1-26-18-4-3-14(10-19(18)27-2)17(24-5-7-28-8-6-24)13-23-20(25)15-9-16(21)12-22-11-15/h3-4,9-12,17H,5-8,13H2,1-2H3,(H,23,25). The van der Waals surface area contributed by atoms with Gasteiger partial charge in [-0.2, -0.15) is 0 Å². The van der Waals surface area contributed by atoms with Gasteiger partial charge in [0.1, 0.15) is 0 Å². The molecule has 150 valence electrons. The summed E-state index contributed by atoms with van der Waals surface area (Å²) in [5.41, 5.74) is 1.56. The number of halogens is 1. The van der Waals surface area contributed by atoms with Gasteiger partial charge in [0.2, 0.25) is 0 Å². The van der Waals surface area contributed by atoms with Gasteiger partial charge in [-0.1, -0.05) is 6.07 Å². The fourth-order valence-corrected chi connectivity index (χ4v) is 3.60. The third-order valence-electron chi connectivity index (χ3n) is 4.70. The lowest BCUT2D eigenvalue weighted by atomic mass is 10.0. The molecule has 0 bridgehead atoms. The molecule has 1 amide bonds. The number of hydrogen-bond donors (Lipinski definition) is 1. The lowest BCUT2D eigenvalue weighted by Gasteiger charge is -2.35. The van der Waals surface area contributed by atoms with Crippen LogP contribution in [0.2, 0.25) is 0 Å². The van der Waals surface area contributed by atoms with Crippen LogP contribution in [0.4, 0.5) is 0 Å². The molecule has 3 rings (SSSR count). The molecule has 1 aliphatic rings. The minimum Gasteiger partial charge on any atom is -0.493 e. The van der Waals surface area contributed by atoms with Crippen LogP contribution in [0.15, 0.2) is 41.1 Å². The fraction of sp³-hybridized carbons (Fsp3) is 0.400. The summed E-state index contributed by atoms with van der Waals surface area (Å²) in [6.07, 6.45) is 3.21. The van der Waals surface area contributed by atoms with E-state index in [0.717, 1.165) is 23.1 Å². The monoisotopic (exact) mass is 449 g/mol. The van der Waals surface area contributed by atoms with E-state index >= 15 is 0 Å². The van der Waals surface area contributed by atoms with Crippen LogP contribution < -0.4 is 14.8 Å². The Morgan fingerprint density at radius 1 is 1.21 bits per heavy atom. The second-order valence-electron chi connectivity index (χ2n) is 6.38. The maximum atomic E-state index is 12.6. The molecule has 1 atom stereocenters. The van der Waals surface area contributed by atoms with E-state index in [-0.39, 0.29) is 11.9 Å². The number of amides is 1.